The van der Waals surface area contributed by atoms with Gasteiger partial charge < -0.3 is 9.15 Å². The molecule has 0 N–H and O–H groups in total. The molecule has 1 unspecified atom stereocenters. The highest BCUT2D eigenvalue weighted by Gasteiger charge is 2.52. The lowest BCUT2D eigenvalue weighted by Gasteiger charge is -2.30. The van der Waals surface area contributed by atoms with Gasteiger partial charge in [-0.3, -0.25) is 0 Å². The lowest BCUT2D eigenvalue weighted by Crippen LogP contribution is -2.25. The van der Waals surface area contributed by atoms with Crippen LogP contribution in [0.1, 0.15) is 34.2 Å². The molecule has 1 atom stereocenters. The Morgan fingerprint density at radius 1 is 0.444 bits per heavy atom. The Morgan fingerprint density at radius 2 is 1.03 bits per heavy atom. The Kier molecular flexibility index (Phi) is 7.09. The minimum Gasteiger partial charge on any atom is -0.485 e. The first-order valence-corrected chi connectivity index (χ1v) is 21.6. The van der Waals surface area contributed by atoms with E-state index in [-0.39, 0.29) is 6.10 Å². The van der Waals surface area contributed by atoms with Crippen LogP contribution in [0.15, 0.2) is 199 Å². The molecule has 14 rings (SSSR count). The zero-order chi connectivity index (χ0) is 41.2. The van der Waals surface area contributed by atoms with E-state index in [0.29, 0.717) is 17.5 Å². The van der Waals surface area contributed by atoms with Crippen LogP contribution in [-0.4, -0.2) is 21.1 Å². The number of hydrogen-bond donors (Lipinski definition) is 0. The quantitative estimate of drug-likeness (QED) is 0.177. The van der Waals surface area contributed by atoms with Crippen LogP contribution in [0.5, 0.6) is 5.75 Å². The molecular weight excluding hydrogens is 771 g/mol. The molecule has 0 radical (unpaired) electrons. The monoisotopic (exact) mass is 805 g/mol. The number of hydrogen-bond acceptors (Lipinski definition) is 5. The van der Waals surface area contributed by atoms with Crippen molar-refractivity contribution in [2.24, 2.45) is 0 Å². The lowest BCUT2D eigenvalue weighted by atomic mass is 9.70. The van der Waals surface area contributed by atoms with E-state index < -0.39 is 5.41 Å². The van der Waals surface area contributed by atoms with Crippen LogP contribution in [0.25, 0.3) is 95.1 Å². The smallest absolute Gasteiger partial charge is 0.164 e. The number of benzene rings is 8. The Balaban J connectivity index is 0.955. The molecule has 0 amide bonds. The van der Waals surface area contributed by atoms with Crippen LogP contribution in [-0.2, 0) is 5.41 Å². The van der Waals surface area contributed by atoms with Crippen LogP contribution in [0.2, 0.25) is 0 Å². The van der Waals surface area contributed by atoms with Gasteiger partial charge in [0, 0.05) is 45.0 Å². The molecule has 8 aromatic carbocycles. The van der Waals surface area contributed by atoms with Gasteiger partial charge >= 0.3 is 0 Å². The second kappa shape index (κ2) is 12.9. The number of para-hydroxylation sites is 1. The maximum absolute atomic E-state index is 6.35. The largest absolute Gasteiger partial charge is 0.485 e. The van der Waals surface area contributed by atoms with E-state index in [1.807, 2.05) is 30.3 Å². The highest BCUT2D eigenvalue weighted by molar-refractivity contribution is 6.06. The number of fused-ring (bicyclic) bond motifs is 16. The average Bonchev–Trinajstić information content (AvgIpc) is 4.09. The number of allylic oxidation sites excluding steroid dienone is 2. The zero-order valence-corrected chi connectivity index (χ0v) is 33.9. The number of furan rings is 1. The first kappa shape index (κ1) is 34.6. The van der Waals surface area contributed by atoms with E-state index in [9.17, 15) is 0 Å². The third-order valence-corrected chi connectivity index (χ3v) is 13.7. The number of nitrogens with zero attached hydrogens (tertiary/aromatic N) is 3. The lowest BCUT2D eigenvalue weighted by molar-refractivity contribution is 0.279. The maximum Gasteiger partial charge on any atom is 0.164 e. The summed E-state index contributed by atoms with van der Waals surface area (Å²) in [5, 5.41) is 2.08. The summed E-state index contributed by atoms with van der Waals surface area (Å²) in [4.78, 5) is 15.7. The van der Waals surface area contributed by atoms with Gasteiger partial charge in [0.1, 0.15) is 23.0 Å². The Hall–Kier alpha value is -8.15. The van der Waals surface area contributed by atoms with Crippen molar-refractivity contribution >= 4 is 27.5 Å². The van der Waals surface area contributed by atoms with E-state index in [2.05, 4.69) is 164 Å². The Labute approximate surface area is 363 Å². The van der Waals surface area contributed by atoms with E-state index in [1.54, 1.807) is 0 Å². The van der Waals surface area contributed by atoms with E-state index in [1.165, 1.54) is 55.6 Å². The topological polar surface area (TPSA) is 61.0 Å². The van der Waals surface area contributed by atoms with Crippen molar-refractivity contribution in [3.8, 4) is 73.3 Å². The second-order valence-electron chi connectivity index (χ2n) is 16.9. The van der Waals surface area contributed by atoms with E-state index in [0.717, 1.165) is 61.9 Å². The molecule has 4 aliphatic rings. The summed E-state index contributed by atoms with van der Waals surface area (Å²) in [6, 6.07) is 63.1. The Morgan fingerprint density at radius 3 is 1.83 bits per heavy atom. The van der Waals surface area contributed by atoms with Gasteiger partial charge in [0.15, 0.2) is 17.5 Å². The van der Waals surface area contributed by atoms with Crippen molar-refractivity contribution in [3.05, 3.63) is 222 Å². The van der Waals surface area contributed by atoms with E-state index >= 15 is 0 Å². The molecule has 0 fully saturated rings. The highest BCUT2D eigenvalue weighted by atomic mass is 16.5. The predicted octanol–water partition coefficient (Wildman–Crippen LogP) is 13.9. The summed E-state index contributed by atoms with van der Waals surface area (Å²) in [5.74, 6) is 2.69. The fraction of sp³-hybridized carbons (Fsp3) is 0.0517. The standard InChI is InChI=1S/C58H35N3O2/c1-6-21-46-39(15-1)40-16-2-7-22-47(40)58(46)48-23-8-3-19-43(48)54-38(20-12-24-49(54)58)34-13-11-14-35(31-34)55-59-56(36-27-29-52-44(32-36)41-17-4-9-25-50(41)62-52)61-57(60-55)37-28-30-53-45(33-37)42-18-5-10-26-51(42)63-53/h1-25,27-33,51H,26H2. The first-order chi connectivity index (χ1) is 31.2. The second-order valence-corrected chi connectivity index (χ2v) is 16.9. The van der Waals surface area contributed by atoms with Crippen LogP contribution in [0.3, 0.4) is 0 Å². The fourth-order valence-corrected chi connectivity index (χ4v) is 11.0. The van der Waals surface area contributed by atoms with Gasteiger partial charge in [-0.15, -0.1) is 0 Å². The molecular formula is C58H35N3O2. The minimum absolute atomic E-state index is 0.0309. The first-order valence-electron chi connectivity index (χ1n) is 21.6. The third-order valence-electron chi connectivity index (χ3n) is 13.7. The summed E-state index contributed by atoms with van der Waals surface area (Å²) >= 11 is 0. The molecule has 1 aliphatic heterocycles. The molecule has 10 aromatic rings. The van der Waals surface area contributed by atoms with Crippen molar-refractivity contribution in [3.63, 3.8) is 0 Å². The molecule has 5 heteroatoms. The van der Waals surface area contributed by atoms with Gasteiger partial charge in [0.25, 0.3) is 0 Å². The molecule has 0 saturated carbocycles. The van der Waals surface area contributed by atoms with Gasteiger partial charge in [-0.05, 0) is 104 Å². The molecule has 2 aromatic heterocycles. The van der Waals surface area contributed by atoms with E-state index in [4.69, 9.17) is 24.1 Å². The van der Waals surface area contributed by atoms with Crippen LogP contribution >= 0.6 is 0 Å². The highest BCUT2D eigenvalue weighted by Crippen LogP contribution is 2.64. The maximum atomic E-state index is 6.35. The zero-order valence-electron chi connectivity index (χ0n) is 33.9. The van der Waals surface area contributed by atoms with Crippen molar-refractivity contribution in [1.29, 1.82) is 0 Å². The molecule has 5 nitrogen and oxygen atoms in total. The van der Waals surface area contributed by atoms with Crippen molar-refractivity contribution in [2.75, 3.05) is 0 Å². The summed E-state index contributed by atoms with van der Waals surface area (Å²) in [7, 11) is 0. The number of aromatic nitrogens is 3. The Bertz CT molecular complexity index is 3620. The van der Waals surface area contributed by atoms with Gasteiger partial charge in [-0.25, -0.2) is 15.0 Å². The van der Waals surface area contributed by atoms with Crippen molar-refractivity contribution in [1.82, 2.24) is 15.0 Å². The SMILES string of the molecule is C1=CCC2Oc3ccc(-c4nc(-c5cccc(-c6cccc7c6-c6ccccc6C76c7ccccc7-c7ccccc76)c5)nc(-c5ccc6oc7ccccc7c6c5)n4)cc3C2=C1. The van der Waals surface area contributed by atoms with Gasteiger partial charge in [-0.2, -0.15) is 0 Å². The van der Waals surface area contributed by atoms with Crippen LogP contribution in [0.4, 0.5) is 0 Å². The molecule has 1 spiro atoms. The summed E-state index contributed by atoms with van der Waals surface area (Å²) in [6.07, 6.45) is 7.32. The predicted molar refractivity (Wildman–Crippen MR) is 251 cm³/mol. The molecule has 3 aliphatic carbocycles. The third kappa shape index (κ3) is 4.85. The van der Waals surface area contributed by atoms with Gasteiger partial charge in [-0.1, -0.05) is 146 Å². The number of rotatable bonds is 4. The fourth-order valence-electron chi connectivity index (χ4n) is 11.0. The average molecular weight is 806 g/mol. The molecule has 294 valence electrons. The molecule has 63 heavy (non-hydrogen) atoms. The normalized spacial score (nSPS) is 15.7. The van der Waals surface area contributed by atoms with Crippen LogP contribution in [0, 0.1) is 0 Å². The number of ether oxygens (including phenoxy) is 1. The summed E-state index contributed by atoms with van der Waals surface area (Å²) < 4.78 is 12.6. The van der Waals surface area contributed by atoms with Crippen molar-refractivity contribution in [2.45, 2.75) is 17.9 Å². The molecule has 0 bridgehead atoms. The summed E-state index contributed by atoms with van der Waals surface area (Å²) in [6.45, 7) is 0. The van der Waals surface area contributed by atoms with Crippen LogP contribution < -0.4 is 4.74 Å². The summed E-state index contributed by atoms with van der Waals surface area (Å²) in [5.41, 5.74) is 18.9. The minimum atomic E-state index is -0.420. The van der Waals surface area contributed by atoms with Gasteiger partial charge in [0.2, 0.25) is 0 Å². The molecule has 3 heterocycles. The molecule has 0 saturated heterocycles. The van der Waals surface area contributed by atoms with Crippen molar-refractivity contribution < 1.29 is 9.15 Å². The van der Waals surface area contributed by atoms with Gasteiger partial charge in [0.05, 0.1) is 5.41 Å².